The number of nitrogens with zero attached hydrogens (tertiary/aromatic N) is 2. The molecule has 0 aliphatic rings. The molecular formula is C12H8Cl3N3O2. The molecule has 0 saturated carbocycles. The van der Waals surface area contributed by atoms with Gasteiger partial charge in [0.05, 0.1) is 12.7 Å². The Kier molecular flexibility index (Phi) is 4.65. The summed E-state index contributed by atoms with van der Waals surface area (Å²) >= 11 is 17.5. The summed E-state index contributed by atoms with van der Waals surface area (Å²) < 4.78 is 5.10. The molecule has 20 heavy (non-hydrogen) atoms. The van der Waals surface area contributed by atoms with Crippen LogP contribution in [0.2, 0.25) is 15.2 Å². The lowest BCUT2D eigenvalue weighted by Gasteiger charge is -2.10. The van der Waals surface area contributed by atoms with E-state index in [9.17, 15) is 4.79 Å². The highest BCUT2D eigenvalue weighted by Gasteiger charge is 2.16. The topological polar surface area (TPSA) is 64.1 Å². The lowest BCUT2D eigenvalue weighted by Crippen LogP contribution is -2.14. The van der Waals surface area contributed by atoms with Crippen molar-refractivity contribution in [2.75, 3.05) is 12.4 Å². The normalized spacial score (nSPS) is 10.2. The molecule has 0 atom stereocenters. The van der Waals surface area contributed by atoms with Gasteiger partial charge in [-0.05, 0) is 18.2 Å². The molecule has 104 valence electrons. The second-order valence-electron chi connectivity index (χ2n) is 3.63. The fourth-order valence-corrected chi connectivity index (χ4v) is 1.92. The van der Waals surface area contributed by atoms with Gasteiger partial charge in [0.2, 0.25) is 0 Å². The highest BCUT2D eigenvalue weighted by molar-refractivity contribution is 6.43. The van der Waals surface area contributed by atoms with E-state index in [1.54, 1.807) is 12.1 Å². The molecule has 0 spiro atoms. The second kappa shape index (κ2) is 6.26. The quantitative estimate of drug-likeness (QED) is 0.871. The number of amides is 1. The van der Waals surface area contributed by atoms with Gasteiger partial charge in [0.15, 0.2) is 11.0 Å². The maximum Gasteiger partial charge on any atom is 0.260 e. The number of hydrogen-bond acceptors (Lipinski definition) is 4. The van der Waals surface area contributed by atoms with E-state index in [0.717, 1.165) is 0 Å². The molecule has 0 aliphatic heterocycles. The Hall–Kier alpha value is -1.56. The molecule has 0 bridgehead atoms. The number of methoxy groups -OCH3 is 1. The van der Waals surface area contributed by atoms with Crippen LogP contribution < -0.4 is 10.1 Å². The third kappa shape index (κ3) is 3.12. The van der Waals surface area contributed by atoms with Crippen LogP contribution in [0.15, 0.2) is 24.5 Å². The van der Waals surface area contributed by atoms with Crippen molar-refractivity contribution in [3.63, 3.8) is 0 Å². The average molecular weight is 333 g/mol. The van der Waals surface area contributed by atoms with Gasteiger partial charge >= 0.3 is 0 Å². The van der Waals surface area contributed by atoms with Crippen molar-refractivity contribution in [3.05, 3.63) is 45.3 Å². The Labute approximate surface area is 129 Å². The van der Waals surface area contributed by atoms with Gasteiger partial charge in [-0.25, -0.2) is 9.97 Å². The van der Waals surface area contributed by atoms with Gasteiger partial charge < -0.3 is 10.1 Å². The Morgan fingerprint density at radius 1 is 1.25 bits per heavy atom. The first kappa shape index (κ1) is 14.8. The van der Waals surface area contributed by atoms with Crippen molar-refractivity contribution in [2.45, 2.75) is 0 Å². The summed E-state index contributed by atoms with van der Waals surface area (Å²) in [5.74, 6) is 0.0166. The Morgan fingerprint density at radius 3 is 2.70 bits per heavy atom. The van der Waals surface area contributed by atoms with Crippen molar-refractivity contribution in [1.82, 2.24) is 9.97 Å². The Morgan fingerprint density at radius 2 is 2.00 bits per heavy atom. The molecule has 1 N–H and O–H groups in total. The van der Waals surface area contributed by atoms with E-state index >= 15 is 0 Å². The lowest BCUT2D eigenvalue weighted by molar-refractivity contribution is 0.102. The van der Waals surface area contributed by atoms with E-state index in [0.29, 0.717) is 10.8 Å². The number of benzene rings is 1. The van der Waals surface area contributed by atoms with Gasteiger partial charge in [-0.2, -0.15) is 0 Å². The van der Waals surface area contributed by atoms with Crippen molar-refractivity contribution >= 4 is 46.5 Å². The predicted octanol–water partition coefficient (Wildman–Crippen LogP) is 3.70. The molecule has 0 radical (unpaired) electrons. The van der Waals surface area contributed by atoms with Crippen molar-refractivity contribution in [2.24, 2.45) is 0 Å². The molecule has 1 aromatic carbocycles. The van der Waals surface area contributed by atoms with Crippen LogP contribution >= 0.6 is 34.8 Å². The van der Waals surface area contributed by atoms with Crippen LogP contribution in [0, 0.1) is 0 Å². The minimum Gasteiger partial charge on any atom is -0.496 e. The third-order valence-corrected chi connectivity index (χ3v) is 3.36. The van der Waals surface area contributed by atoms with Gasteiger partial charge in [0, 0.05) is 5.02 Å². The molecule has 1 aromatic heterocycles. The number of carbonyl (C=O) groups is 1. The van der Waals surface area contributed by atoms with Crippen LogP contribution in [0.3, 0.4) is 0 Å². The third-order valence-electron chi connectivity index (χ3n) is 2.39. The van der Waals surface area contributed by atoms with E-state index in [2.05, 4.69) is 15.3 Å². The number of hydrogen-bond donors (Lipinski definition) is 1. The molecule has 1 amide bonds. The minimum atomic E-state index is -0.471. The predicted molar refractivity (Wildman–Crippen MR) is 78.0 cm³/mol. The Balaban J connectivity index is 2.33. The van der Waals surface area contributed by atoms with Gasteiger partial charge in [0.1, 0.15) is 17.1 Å². The number of ether oxygens (including phenoxy) is 1. The summed E-state index contributed by atoms with van der Waals surface area (Å²) in [5.41, 5.74) is 0.255. The van der Waals surface area contributed by atoms with E-state index < -0.39 is 5.91 Å². The molecule has 5 nitrogen and oxygen atoms in total. The zero-order valence-electron chi connectivity index (χ0n) is 10.2. The summed E-state index contributed by atoms with van der Waals surface area (Å²) in [5, 5.41) is 3.04. The first-order valence-corrected chi connectivity index (χ1v) is 6.47. The van der Waals surface area contributed by atoms with Crippen LogP contribution in [0.25, 0.3) is 0 Å². The van der Waals surface area contributed by atoms with Gasteiger partial charge in [-0.15, -0.1) is 0 Å². The van der Waals surface area contributed by atoms with Crippen LogP contribution in [-0.2, 0) is 0 Å². The fourth-order valence-electron chi connectivity index (χ4n) is 1.47. The second-order valence-corrected chi connectivity index (χ2v) is 4.80. The van der Waals surface area contributed by atoms with Gasteiger partial charge in [-0.1, -0.05) is 34.8 Å². The molecule has 0 aliphatic carbocycles. The largest absolute Gasteiger partial charge is 0.496 e. The van der Waals surface area contributed by atoms with Crippen LogP contribution in [-0.4, -0.2) is 23.0 Å². The smallest absolute Gasteiger partial charge is 0.260 e. The van der Waals surface area contributed by atoms with Crippen LogP contribution in [0.5, 0.6) is 5.75 Å². The number of anilines is 1. The van der Waals surface area contributed by atoms with Crippen molar-refractivity contribution in [1.29, 1.82) is 0 Å². The molecule has 8 heteroatoms. The van der Waals surface area contributed by atoms with E-state index in [-0.39, 0.29) is 21.6 Å². The summed E-state index contributed by atoms with van der Waals surface area (Å²) in [6, 6.07) is 4.68. The first-order valence-electron chi connectivity index (χ1n) is 5.34. The summed E-state index contributed by atoms with van der Waals surface area (Å²) in [7, 11) is 1.45. The molecule has 0 fully saturated rings. The molecule has 1 heterocycles. The first-order chi connectivity index (χ1) is 9.52. The minimum absolute atomic E-state index is 0.0509. The average Bonchev–Trinajstić information content (AvgIpc) is 2.43. The lowest BCUT2D eigenvalue weighted by atomic mass is 10.2. The van der Waals surface area contributed by atoms with Crippen LogP contribution in [0.1, 0.15) is 10.4 Å². The van der Waals surface area contributed by atoms with Crippen molar-refractivity contribution < 1.29 is 9.53 Å². The molecule has 0 saturated heterocycles. The summed E-state index contributed by atoms with van der Waals surface area (Å²) in [6.07, 6.45) is 1.19. The SMILES string of the molecule is COc1ccc(Cl)cc1C(=O)Nc1ncnc(Cl)c1Cl. The highest BCUT2D eigenvalue weighted by atomic mass is 35.5. The maximum atomic E-state index is 12.2. The molecule has 2 rings (SSSR count). The fraction of sp³-hybridized carbons (Fsp3) is 0.0833. The van der Waals surface area contributed by atoms with Crippen LogP contribution in [0.4, 0.5) is 5.82 Å². The molecular weight excluding hydrogens is 325 g/mol. The van der Waals surface area contributed by atoms with E-state index in [4.69, 9.17) is 39.5 Å². The summed E-state index contributed by atoms with van der Waals surface area (Å²) in [6.45, 7) is 0. The number of carbonyl (C=O) groups excluding carboxylic acids is 1. The van der Waals surface area contributed by atoms with Gasteiger partial charge in [-0.3, -0.25) is 4.79 Å². The number of rotatable bonds is 3. The van der Waals surface area contributed by atoms with Gasteiger partial charge in [0.25, 0.3) is 5.91 Å². The standard InChI is InChI=1S/C12H8Cl3N3O2/c1-20-8-3-2-6(13)4-7(8)12(19)18-11-9(14)10(15)16-5-17-11/h2-5H,1H3,(H,16,17,18,19). The van der Waals surface area contributed by atoms with E-state index in [1.807, 2.05) is 0 Å². The number of halogens is 3. The highest BCUT2D eigenvalue weighted by Crippen LogP contribution is 2.27. The zero-order valence-corrected chi connectivity index (χ0v) is 12.4. The summed E-state index contributed by atoms with van der Waals surface area (Å²) in [4.78, 5) is 19.7. The monoisotopic (exact) mass is 331 g/mol. The number of aromatic nitrogens is 2. The molecule has 0 unspecified atom stereocenters. The molecule has 2 aromatic rings. The number of nitrogens with one attached hydrogen (secondary N) is 1. The van der Waals surface area contributed by atoms with Crippen molar-refractivity contribution in [3.8, 4) is 5.75 Å². The van der Waals surface area contributed by atoms with E-state index in [1.165, 1.54) is 19.5 Å². The zero-order chi connectivity index (χ0) is 14.7. The Bertz CT molecular complexity index is 664. The maximum absolute atomic E-state index is 12.2.